The van der Waals surface area contributed by atoms with E-state index in [2.05, 4.69) is 9.47 Å². The van der Waals surface area contributed by atoms with E-state index in [4.69, 9.17) is 5.11 Å². The van der Waals surface area contributed by atoms with E-state index in [1.807, 2.05) is 0 Å². The lowest BCUT2D eigenvalue weighted by Gasteiger charge is -2.10. The largest absolute Gasteiger partial charge is 0.457 e. The quantitative estimate of drug-likeness (QED) is 0.443. The zero-order valence-corrected chi connectivity index (χ0v) is 8.89. The van der Waals surface area contributed by atoms with Crippen LogP contribution in [-0.2, 0) is 28.7 Å². The number of ketones is 2. The molecule has 0 rings (SSSR count). The van der Waals surface area contributed by atoms with Crippen LogP contribution in [0.4, 0.5) is 0 Å². The molecule has 0 amide bonds. The summed E-state index contributed by atoms with van der Waals surface area (Å²) < 4.78 is 8.69. The summed E-state index contributed by atoms with van der Waals surface area (Å²) in [6.45, 7) is 1.07. The van der Waals surface area contributed by atoms with Crippen LogP contribution in [0, 0.1) is 0 Å². The number of aliphatic hydroxyl groups is 1. The number of hydrogen-bond acceptors (Lipinski definition) is 7. The third-order valence-electron chi connectivity index (χ3n) is 1.39. The summed E-state index contributed by atoms with van der Waals surface area (Å²) in [5.74, 6) is -3.77. The first-order valence-corrected chi connectivity index (χ1v) is 4.38. The van der Waals surface area contributed by atoms with Crippen molar-refractivity contribution in [1.82, 2.24) is 0 Å². The third kappa shape index (κ3) is 5.86. The lowest BCUT2D eigenvalue weighted by molar-refractivity contribution is -0.160. The third-order valence-corrected chi connectivity index (χ3v) is 1.39. The van der Waals surface area contributed by atoms with E-state index in [1.165, 1.54) is 0 Å². The lowest BCUT2D eigenvalue weighted by atomic mass is 10.4. The number of carbonyl (C=O) groups excluding carboxylic acids is 4. The number of carbonyl (C=O) groups is 4. The fourth-order valence-electron chi connectivity index (χ4n) is 0.595. The van der Waals surface area contributed by atoms with Crippen molar-refractivity contribution in [2.75, 3.05) is 13.2 Å². The molecule has 0 saturated heterocycles. The second kappa shape index (κ2) is 6.67. The molecule has 0 aromatic heterocycles. The first kappa shape index (κ1) is 14.2. The van der Waals surface area contributed by atoms with Gasteiger partial charge in [0.2, 0.25) is 11.6 Å². The molecule has 16 heavy (non-hydrogen) atoms. The molecule has 0 spiro atoms. The van der Waals surface area contributed by atoms with Crippen molar-refractivity contribution in [2.45, 2.75) is 20.0 Å². The van der Waals surface area contributed by atoms with Gasteiger partial charge in [0.25, 0.3) is 0 Å². The summed E-state index contributed by atoms with van der Waals surface area (Å²) in [6.07, 6.45) is -1.27. The van der Waals surface area contributed by atoms with Crippen molar-refractivity contribution in [1.29, 1.82) is 0 Å². The fourth-order valence-corrected chi connectivity index (χ4v) is 0.595. The lowest BCUT2D eigenvalue weighted by Crippen LogP contribution is -2.28. The van der Waals surface area contributed by atoms with E-state index < -0.39 is 42.8 Å². The molecular formula is C9H12O7. The Morgan fingerprint density at radius 2 is 1.25 bits per heavy atom. The Bertz CT molecular complexity index is 277. The average Bonchev–Trinajstić information content (AvgIpc) is 2.21. The molecule has 0 radical (unpaired) electrons. The van der Waals surface area contributed by atoms with Gasteiger partial charge in [0.15, 0.2) is 0 Å². The van der Waals surface area contributed by atoms with E-state index in [-0.39, 0.29) is 0 Å². The van der Waals surface area contributed by atoms with Crippen LogP contribution in [0.5, 0.6) is 0 Å². The molecule has 0 aromatic rings. The summed E-state index contributed by atoms with van der Waals surface area (Å²) in [4.78, 5) is 42.1. The van der Waals surface area contributed by atoms with Gasteiger partial charge in [0, 0.05) is 13.8 Å². The number of rotatable bonds is 6. The van der Waals surface area contributed by atoms with Gasteiger partial charge in [-0.25, -0.2) is 9.59 Å². The zero-order chi connectivity index (χ0) is 12.7. The molecule has 1 N–H and O–H groups in total. The van der Waals surface area contributed by atoms with Gasteiger partial charge in [0.05, 0.1) is 0 Å². The molecule has 0 fully saturated rings. The number of esters is 2. The Morgan fingerprint density at radius 1 is 0.938 bits per heavy atom. The first-order chi connectivity index (χ1) is 7.34. The Kier molecular flexibility index (Phi) is 5.94. The van der Waals surface area contributed by atoms with Crippen LogP contribution >= 0.6 is 0 Å². The minimum absolute atomic E-state index is 0.483. The predicted octanol–water partition coefficient (Wildman–Crippen LogP) is -1.39. The normalized spacial score (nSPS) is 9.75. The van der Waals surface area contributed by atoms with Gasteiger partial charge in [-0.1, -0.05) is 0 Å². The molecule has 0 aromatic carbocycles. The van der Waals surface area contributed by atoms with Gasteiger partial charge in [-0.15, -0.1) is 0 Å². The highest BCUT2D eigenvalue weighted by Gasteiger charge is 2.15. The van der Waals surface area contributed by atoms with Crippen LogP contribution < -0.4 is 0 Å². The Balaban J connectivity index is 3.79. The second-order valence-corrected chi connectivity index (χ2v) is 2.96. The number of ether oxygens (including phenoxy) is 2. The molecule has 0 saturated carbocycles. The molecule has 0 bridgehead atoms. The molecule has 0 aliphatic rings. The maximum Gasteiger partial charge on any atom is 0.374 e. The topological polar surface area (TPSA) is 107 Å². The summed E-state index contributed by atoms with van der Waals surface area (Å²) in [5, 5.41) is 9.13. The Hall–Kier alpha value is -1.76. The van der Waals surface area contributed by atoms with E-state index in [1.54, 1.807) is 0 Å². The van der Waals surface area contributed by atoms with Gasteiger partial charge in [-0.05, 0) is 0 Å². The second-order valence-electron chi connectivity index (χ2n) is 2.96. The van der Waals surface area contributed by atoms with Crippen LogP contribution in [0.15, 0.2) is 0 Å². The van der Waals surface area contributed by atoms with Crippen LogP contribution in [0.3, 0.4) is 0 Å². The van der Waals surface area contributed by atoms with E-state index in [0.29, 0.717) is 0 Å². The molecule has 0 unspecified atom stereocenters. The average molecular weight is 232 g/mol. The molecule has 90 valence electrons. The molecule has 0 aliphatic carbocycles. The fraction of sp³-hybridized carbons (Fsp3) is 0.556. The Labute approximate surface area is 91.3 Å². The molecule has 0 aliphatic heterocycles. The van der Waals surface area contributed by atoms with Gasteiger partial charge < -0.3 is 14.6 Å². The van der Waals surface area contributed by atoms with E-state index >= 15 is 0 Å². The van der Waals surface area contributed by atoms with E-state index in [0.717, 1.165) is 13.8 Å². The summed E-state index contributed by atoms with van der Waals surface area (Å²) >= 11 is 0. The standard InChI is InChI=1S/C9H12O7/c1-5(10)8(13)15-3-7(12)4-16-9(14)6(2)11/h7,12H,3-4H2,1-2H3. The van der Waals surface area contributed by atoms with Crippen LogP contribution in [-0.4, -0.2) is 47.9 Å². The molecule has 0 atom stereocenters. The van der Waals surface area contributed by atoms with Crippen molar-refractivity contribution in [3.8, 4) is 0 Å². The summed E-state index contributed by atoms with van der Waals surface area (Å²) in [6, 6.07) is 0. The summed E-state index contributed by atoms with van der Waals surface area (Å²) in [5.41, 5.74) is 0. The maximum atomic E-state index is 10.6. The minimum atomic E-state index is -1.27. The zero-order valence-electron chi connectivity index (χ0n) is 8.89. The highest BCUT2D eigenvalue weighted by molar-refractivity contribution is 6.32. The molecule has 0 heterocycles. The maximum absolute atomic E-state index is 10.6. The van der Waals surface area contributed by atoms with Crippen LogP contribution in [0.25, 0.3) is 0 Å². The van der Waals surface area contributed by atoms with Crippen molar-refractivity contribution in [3.63, 3.8) is 0 Å². The molecular weight excluding hydrogens is 220 g/mol. The number of Topliss-reactive ketones (excluding diaryl/α,β-unsaturated/α-hetero) is 2. The van der Waals surface area contributed by atoms with Crippen molar-refractivity contribution in [3.05, 3.63) is 0 Å². The number of aliphatic hydroxyl groups excluding tert-OH is 1. The highest BCUT2D eigenvalue weighted by atomic mass is 16.6. The highest BCUT2D eigenvalue weighted by Crippen LogP contribution is 1.91. The molecule has 7 heteroatoms. The van der Waals surface area contributed by atoms with Crippen molar-refractivity contribution < 1.29 is 33.8 Å². The Morgan fingerprint density at radius 3 is 1.50 bits per heavy atom. The van der Waals surface area contributed by atoms with Crippen molar-refractivity contribution in [2.24, 2.45) is 0 Å². The van der Waals surface area contributed by atoms with Gasteiger partial charge >= 0.3 is 11.9 Å². The molecule has 7 nitrogen and oxygen atoms in total. The summed E-state index contributed by atoms with van der Waals surface area (Å²) in [7, 11) is 0. The van der Waals surface area contributed by atoms with Gasteiger partial charge in [0.1, 0.15) is 19.3 Å². The predicted molar refractivity (Wildman–Crippen MR) is 49.3 cm³/mol. The van der Waals surface area contributed by atoms with Gasteiger partial charge in [-0.3, -0.25) is 9.59 Å². The minimum Gasteiger partial charge on any atom is -0.457 e. The van der Waals surface area contributed by atoms with Crippen LogP contribution in [0.1, 0.15) is 13.8 Å². The SMILES string of the molecule is CC(=O)C(=O)OCC(O)COC(=O)C(C)=O. The smallest absolute Gasteiger partial charge is 0.374 e. The van der Waals surface area contributed by atoms with E-state index in [9.17, 15) is 19.2 Å². The van der Waals surface area contributed by atoms with Crippen LogP contribution in [0.2, 0.25) is 0 Å². The number of hydrogen-bond donors (Lipinski definition) is 1. The van der Waals surface area contributed by atoms with Gasteiger partial charge in [-0.2, -0.15) is 0 Å². The van der Waals surface area contributed by atoms with Crippen molar-refractivity contribution >= 4 is 23.5 Å². The first-order valence-electron chi connectivity index (χ1n) is 4.38. The monoisotopic (exact) mass is 232 g/mol.